The van der Waals surface area contributed by atoms with Gasteiger partial charge in [-0.3, -0.25) is 4.98 Å². The van der Waals surface area contributed by atoms with Crippen LogP contribution in [0, 0.1) is 12.8 Å². The Labute approximate surface area is 189 Å². The van der Waals surface area contributed by atoms with Crippen LogP contribution < -0.4 is 14.8 Å². The van der Waals surface area contributed by atoms with Gasteiger partial charge in [0.15, 0.2) is 11.5 Å². The summed E-state index contributed by atoms with van der Waals surface area (Å²) < 4.78 is 56.1. The number of fused-ring (bicyclic) bond motifs is 1. The monoisotopic (exact) mass is 462 g/mol. The molecule has 1 aliphatic rings. The van der Waals surface area contributed by atoms with Gasteiger partial charge in [0.1, 0.15) is 17.7 Å². The third-order valence-corrected chi connectivity index (χ3v) is 5.43. The van der Waals surface area contributed by atoms with Crippen molar-refractivity contribution in [3.8, 4) is 11.5 Å². The molecule has 1 fully saturated rings. The molecule has 33 heavy (non-hydrogen) atoms. The first-order chi connectivity index (χ1) is 15.8. The Hall–Kier alpha value is -3.14. The van der Waals surface area contributed by atoms with Crippen LogP contribution in [0.4, 0.5) is 19.0 Å². The van der Waals surface area contributed by atoms with E-state index in [9.17, 15) is 13.2 Å². The van der Waals surface area contributed by atoms with E-state index in [-0.39, 0.29) is 18.3 Å². The fraction of sp³-hybridized carbons (Fsp3) is 0.435. The van der Waals surface area contributed by atoms with Crippen LogP contribution in [-0.2, 0) is 17.5 Å². The number of anilines is 1. The molecule has 1 N–H and O–H groups in total. The largest absolute Gasteiger partial charge is 0.493 e. The van der Waals surface area contributed by atoms with Crippen LogP contribution in [0.25, 0.3) is 10.9 Å². The number of nitrogens with one attached hydrogen (secondary N) is 1. The lowest BCUT2D eigenvalue weighted by atomic mass is 10.1. The maximum absolute atomic E-state index is 13.0. The molecule has 0 aliphatic heterocycles. The van der Waals surface area contributed by atoms with Crippen molar-refractivity contribution in [3.63, 3.8) is 0 Å². The second kappa shape index (κ2) is 9.38. The first-order valence-corrected chi connectivity index (χ1v) is 10.6. The van der Waals surface area contributed by atoms with Gasteiger partial charge in [-0.1, -0.05) is 0 Å². The first-order valence-electron chi connectivity index (χ1n) is 10.6. The lowest BCUT2D eigenvalue weighted by molar-refractivity contribution is -0.137. The Morgan fingerprint density at radius 1 is 1.12 bits per heavy atom. The zero-order valence-electron chi connectivity index (χ0n) is 18.6. The van der Waals surface area contributed by atoms with Crippen LogP contribution in [-0.4, -0.2) is 41.9 Å². The fourth-order valence-corrected chi connectivity index (χ4v) is 3.63. The van der Waals surface area contributed by atoms with Crippen LogP contribution >= 0.6 is 0 Å². The van der Waals surface area contributed by atoms with Gasteiger partial charge in [-0.05, 0) is 43.9 Å². The van der Waals surface area contributed by atoms with E-state index in [4.69, 9.17) is 14.2 Å². The SMILES string of the molecule is COCC(Oc1cc2c(NCc3cc(C(F)(F)F)ccn3)nc(C)nc2cc1OC)C1CC1. The summed E-state index contributed by atoms with van der Waals surface area (Å²) in [6, 6.07) is 5.52. The highest BCUT2D eigenvalue weighted by Crippen LogP contribution is 2.40. The molecule has 0 amide bonds. The van der Waals surface area contributed by atoms with Gasteiger partial charge in [0.2, 0.25) is 0 Å². The topological polar surface area (TPSA) is 78.4 Å². The zero-order chi connectivity index (χ0) is 23.6. The Bertz CT molecular complexity index is 1140. The van der Waals surface area contributed by atoms with Crippen LogP contribution in [0.5, 0.6) is 11.5 Å². The molecule has 4 rings (SSSR count). The fourth-order valence-electron chi connectivity index (χ4n) is 3.63. The standard InChI is InChI=1S/C23H25F3N4O3/c1-13-29-18-10-19(32-3)20(33-21(12-31-2)14-4-5-14)9-17(18)22(30-13)28-11-16-8-15(6-7-27-16)23(24,25)26/h6-10,14,21H,4-5,11-12H2,1-3H3,(H,28,29,30). The highest BCUT2D eigenvalue weighted by molar-refractivity contribution is 5.91. The predicted octanol–water partition coefficient (Wildman–Crippen LogP) is 4.78. The molecule has 1 unspecified atom stereocenters. The number of pyridine rings is 1. The van der Waals surface area contributed by atoms with Gasteiger partial charge in [0, 0.05) is 24.8 Å². The minimum Gasteiger partial charge on any atom is -0.493 e. The van der Waals surface area contributed by atoms with Crippen LogP contribution in [0.1, 0.15) is 29.9 Å². The summed E-state index contributed by atoms with van der Waals surface area (Å²) in [7, 11) is 3.19. The first kappa shape index (κ1) is 23.0. The van der Waals surface area contributed by atoms with Crippen molar-refractivity contribution in [1.29, 1.82) is 0 Å². The Morgan fingerprint density at radius 3 is 2.58 bits per heavy atom. The molecular formula is C23H25F3N4O3. The molecule has 176 valence electrons. The summed E-state index contributed by atoms with van der Waals surface area (Å²) in [6.45, 7) is 2.26. The molecule has 3 aromatic rings. The van der Waals surface area contributed by atoms with Crippen molar-refractivity contribution in [2.45, 2.75) is 38.6 Å². The van der Waals surface area contributed by atoms with Gasteiger partial charge >= 0.3 is 6.18 Å². The van der Waals surface area contributed by atoms with Crippen molar-refractivity contribution >= 4 is 16.7 Å². The number of nitrogens with zero attached hydrogens (tertiary/aromatic N) is 3. The molecule has 10 heteroatoms. The van der Waals surface area contributed by atoms with Gasteiger partial charge in [-0.25, -0.2) is 9.97 Å². The van der Waals surface area contributed by atoms with Gasteiger partial charge in [-0.15, -0.1) is 0 Å². The van der Waals surface area contributed by atoms with E-state index in [0.29, 0.717) is 46.6 Å². The van der Waals surface area contributed by atoms with Gasteiger partial charge in [0.25, 0.3) is 0 Å². The Morgan fingerprint density at radius 2 is 1.91 bits per heavy atom. The summed E-state index contributed by atoms with van der Waals surface area (Å²) in [5.41, 5.74) is 0.122. The second-order valence-electron chi connectivity index (χ2n) is 7.98. The van der Waals surface area contributed by atoms with Gasteiger partial charge in [-0.2, -0.15) is 13.2 Å². The van der Waals surface area contributed by atoms with E-state index in [1.54, 1.807) is 33.3 Å². The molecule has 0 saturated heterocycles. The summed E-state index contributed by atoms with van der Waals surface area (Å²) >= 11 is 0. The Balaban J connectivity index is 1.65. The highest BCUT2D eigenvalue weighted by atomic mass is 19.4. The number of benzene rings is 1. The molecule has 1 atom stereocenters. The van der Waals surface area contributed by atoms with Crippen LogP contribution in [0.15, 0.2) is 30.5 Å². The molecule has 2 heterocycles. The number of aryl methyl sites for hydroxylation is 1. The maximum atomic E-state index is 13.0. The third-order valence-electron chi connectivity index (χ3n) is 5.43. The molecule has 1 saturated carbocycles. The molecule has 0 bridgehead atoms. The molecule has 0 spiro atoms. The molecular weight excluding hydrogens is 437 g/mol. The summed E-state index contributed by atoms with van der Waals surface area (Å²) in [5, 5.41) is 3.76. The predicted molar refractivity (Wildman–Crippen MR) is 116 cm³/mol. The number of ether oxygens (including phenoxy) is 3. The number of rotatable bonds is 9. The minimum atomic E-state index is -4.43. The number of aromatic nitrogens is 3. The highest BCUT2D eigenvalue weighted by Gasteiger charge is 2.34. The van der Waals surface area contributed by atoms with Crippen molar-refractivity contribution in [2.24, 2.45) is 5.92 Å². The van der Waals surface area contributed by atoms with Crippen molar-refractivity contribution in [2.75, 3.05) is 26.1 Å². The van der Waals surface area contributed by atoms with Crippen LogP contribution in [0.2, 0.25) is 0 Å². The molecule has 7 nitrogen and oxygen atoms in total. The normalized spacial score (nSPS) is 14.8. The van der Waals surface area contributed by atoms with E-state index in [1.807, 2.05) is 0 Å². The quantitative estimate of drug-likeness (QED) is 0.490. The summed E-state index contributed by atoms with van der Waals surface area (Å²) in [4.78, 5) is 13.0. The van der Waals surface area contributed by atoms with E-state index in [1.165, 1.54) is 0 Å². The molecule has 1 aliphatic carbocycles. The smallest absolute Gasteiger partial charge is 0.416 e. The Kier molecular flexibility index (Phi) is 6.55. The maximum Gasteiger partial charge on any atom is 0.416 e. The van der Waals surface area contributed by atoms with Crippen molar-refractivity contribution < 1.29 is 27.4 Å². The van der Waals surface area contributed by atoms with Gasteiger partial charge in [0.05, 0.1) is 37.0 Å². The molecule has 1 aromatic carbocycles. The van der Waals surface area contributed by atoms with E-state index < -0.39 is 11.7 Å². The average Bonchev–Trinajstić information content (AvgIpc) is 3.62. The van der Waals surface area contributed by atoms with Crippen LogP contribution in [0.3, 0.4) is 0 Å². The zero-order valence-corrected chi connectivity index (χ0v) is 18.6. The third kappa shape index (κ3) is 5.44. The van der Waals surface area contributed by atoms with E-state index in [2.05, 4.69) is 20.3 Å². The average molecular weight is 462 g/mol. The number of methoxy groups -OCH3 is 2. The van der Waals surface area contributed by atoms with Crippen molar-refractivity contribution in [1.82, 2.24) is 15.0 Å². The van der Waals surface area contributed by atoms with E-state index >= 15 is 0 Å². The van der Waals surface area contributed by atoms with Crippen molar-refractivity contribution in [3.05, 3.63) is 47.5 Å². The van der Waals surface area contributed by atoms with Gasteiger partial charge < -0.3 is 19.5 Å². The molecule has 2 aromatic heterocycles. The molecule has 0 radical (unpaired) electrons. The number of hydrogen-bond donors (Lipinski definition) is 1. The summed E-state index contributed by atoms with van der Waals surface area (Å²) in [5.74, 6) is 2.48. The lowest BCUT2D eigenvalue weighted by Crippen LogP contribution is -2.25. The number of hydrogen-bond acceptors (Lipinski definition) is 7. The summed E-state index contributed by atoms with van der Waals surface area (Å²) in [6.07, 6.45) is -1.21. The minimum absolute atomic E-state index is 0.0616. The van der Waals surface area contributed by atoms with E-state index in [0.717, 1.165) is 31.2 Å². The second-order valence-corrected chi connectivity index (χ2v) is 7.98. The number of alkyl halides is 3. The number of halogens is 3. The lowest BCUT2D eigenvalue weighted by Gasteiger charge is -2.20.